The van der Waals surface area contributed by atoms with Crippen molar-refractivity contribution in [3.63, 3.8) is 0 Å². The van der Waals surface area contributed by atoms with Crippen molar-refractivity contribution in [2.45, 2.75) is 52.6 Å². The minimum atomic E-state index is -0.196. The molecule has 0 amide bonds. The van der Waals surface area contributed by atoms with Crippen molar-refractivity contribution >= 4 is 0 Å². The first-order chi connectivity index (χ1) is 9.04. The van der Waals surface area contributed by atoms with Gasteiger partial charge in [0.25, 0.3) is 0 Å². The number of hydrogen-bond acceptors (Lipinski definition) is 1. The van der Waals surface area contributed by atoms with Crippen LogP contribution in [0.25, 0.3) is 0 Å². The van der Waals surface area contributed by atoms with E-state index in [1.165, 1.54) is 11.1 Å². The van der Waals surface area contributed by atoms with Crippen LogP contribution in [0.15, 0.2) is 47.6 Å². The Labute approximate surface area is 117 Å². The molecule has 0 heterocycles. The van der Waals surface area contributed by atoms with Crippen molar-refractivity contribution in [2.24, 2.45) is 5.41 Å². The van der Waals surface area contributed by atoms with Gasteiger partial charge in [0, 0.05) is 12.0 Å². The molecule has 0 saturated heterocycles. The number of ether oxygens (including phenoxy) is 1. The molecule has 0 N–H and O–H groups in total. The highest BCUT2D eigenvalue weighted by molar-refractivity contribution is 5.41. The Balaban J connectivity index is 2.40. The SMILES string of the molecule is CCCOC1(C(C)(C)C2=CCC=C2)CC=CC=C1C. The topological polar surface area (TPSA) is 9.23 Å². The molecule has 2 aliphatic rings. The highest BCUT2D eigenvalue weighted by Crippen LogP contribution is 2.50. The van der Waals surface area contributed by atoms with Crippen molar-refractivity contribution in [1.29, 1.82) is 0 Å². The zero-order valence-corrected chi connectivity index (χ0v) is 12.7. The highest BCUT2D eigenvalue weighted by atomic mass is 16.5. The van der Waals surface area contributed by atoms with E-state index in [9.17, 15) is 0 Å². The molecule has 1 nitrogen and oxygen atoms in total. The molecule has 0 aromatic rings. The summed E-state index contributed by atoms with van der Waals surface area (Å²) in [6.45, 7) is 9.84. The summed E-state index contributed by atoms with van der Waals surface area (Å²) in [5.41, 5.74) is 2.56. The lowest BCUT2D eigenvalue weighted by atomic mass is 9.64. The molecule has 19 heavy (non-hydrogen) atoms. The molecule has 0 aromatic heterocycles. The predicted octanol–water partition coefficient (Wildman–Crippen LogP) is 4.97. The smallest absolute Gasteiger partial charge is 0.102 e. The largest absolute Gasteiger partial charge is 0.369 e. The molecule has 2 rings (SSSR count). The van der Waals surface area contributed by atoms with Crippen LogP contribution in [0.3, 0.4) is 0 Å². The second-order valence-corrected chi connectivity index (χ2v) is 6.08. The molecule has 2 aliphatic carbocycles. The van der Waals surface area contributed by atoms with Crippen LogP contribution < -0.4 is 0 Å². The normalized spacial score (nSPS) is 26.5. The van der Waals surface area contributed by atoms with Crippen molar-refractivity contribution in [1.82, 2.24) is 0 Å². The van der Waals surface area contributed by atoms with Crippen molar-refractivity contribution in [3.05, 3.63) is 47.6 Å². The number of allylic oxidation sites excluding steroid dienone is 5. The Morgan fingerprint density at radius 2 is 2.11 bits per heavy atom. The Morgan fingerprint density at radius 3 is 2.68 bits per heavy atom. The maximum absolute atomic E-state index is 6.41. The van der Waals surface area contributed by atoms with E-state index in [4.69, 9.17) is 4.74 Å². The maximum Gasteiger partial charge on any atom is 0.102 e. The van der Waals surface area contributed by atoms with Crippen LogP contribution in [0.1, 0.15) is 47.0 Å². The fourth-order valence-electron chi connectivity index (χ4n) is 3.27. The maximum atomic E-state index is 6.41. The first kappa shape index (κ1) is 14.3. The predicted molar refractivity (Wildman–Crippen MR) is 82.1 cm³/mol. The molecular formula is C18H26O. The van der Waals surface area contributed by atoms with Gasteiger partial charge in [-0.3, -0.25) is 0 Å². The van der Waals surface area contributed by atoms with Crippen LogP contribution >= 0.6 is 0 Å². The van der Waals surface area contributed by atoms with E-state index in [-0.39, 0.29) is 11.0 Å². The van der Waals surface area contributed by atoms with Crippen LogP contribution in [-0.2, 0) is 4.74 Å². The van der Waals surface area contributed by atoms with Gasteiger partial charge in [0.1, 0.15) is 5.60 Å². The minimum Gasteiger partial charge on any atom is -0.369 e. The molecule has 0 radical (unpaired) electrons. The molecule has 0 saturated carbocycles. The van der Waals surface area contributed by atoms with Crippen LogP contribution in [0, 0.1) is 5.41 Å². The summed E-state index contributed by atoms with van der Waals surface area (Å²) in [6.07, 6.45) is 16.5. The van der Waals surface area contributed by atoms with Crippen molar-refractivity contribution in [2.75, 3.05) is 6.61 Å². The first-order valence-electron chi connectivity index (χ1n) is 7.39. The summed E-state index contributed by atoms with van der Waals surface area (Å²) in [4.78, 5) is 0. The molecule has 0 spiro atoms. The van der Waals surface area contributed by atoms with Gasteiger partial charge in [-0.1, -0.05) is 57.2 Å². The lowest BCUT2D eigenvalue weighted by molar-refractivity contribution is -0.0795. The Morgan fingerprint density at radius 1 is 1.32 bits per heavy atom. The Kier molecular flexibility index (Phi) is 4.15. The molecule has 104 valence electrons. The van der Waals surface area contributed by atoms with Gasteiger partial charge in [-0.25, -0.2) is 0 Å². The molecule has 0 aromatic carbocycles. The number of hydrogen-bond donors (Lipinski definition) is 0. The van der Waals surface area contributed by atoms with E-state index in [0.717, 1.165) is 25.9 Å². The highest BCUT2D eigenvalue weighted by Gasteiger charge is 2.48. The number of rotatable bonds is 5. The zero-order valence-electron chi connectivity index (χ0n) is 12.7. The molecule has 1 unspecified atom stereocenters. The van der Waals surface area contributed by atoms with Crippen LogP contribution in [0.5, 0.6) is 0 Å². The summed E-state index contributed by atoms with van der Waals surface area (Å²) >= 11 is 0. The summed E-state index contributed by atoms with van der Waals surface area (Å²) in [6, 6.07) is 0. The fourth-order valence-corrected chi connectivity index (χ4v) is 3.27. The van der Waals surface area contributed by atoms with E-state index >= 15 is 0 Å². The lowest BCUT2D eigenvalue weighted by Crippen LogP contribution is -2.49. The van der Waals surface area contributed by atoms with E-state index < -0.39 is 0 Å². The van der Waals surface area contributed by atoms with Gasteiger partial charge in [0.15, 0.2) is 0 Å². The summed E-state index contributed by atoms with van der Waals surface area (Å²) in [7, 11) is 0. The first-order valence-corrected chi connectivity index (χ1v) is 7.39. The van der Waals surface area contributed by atoms with Crippen molar-refractivity contribution in [3.8, 4) is 0 Å². The van der Waals surface area contributed by atoms with E-state index in [1.54, 1.807) is 0 Å². The summed E-state index contributed by atoms with van der Waals surface area (Å²) in [5, 5.41) is 0. The van der Waals surface area contributed by atoms with Crippen LogP contribution in [-0.4, -0.2) is 12.2 Å². The Bertz CT molecular complexity index is 448. The van der Waals surface area contributed by atoms with Gasteiger partial charge in [-0.05, 0) is 37.3 Å². The van der Waals surface area contributed by atoms with Gasteiger partial charge in [0.05, 0.1) is 0 Å². The van der Waals surface area contributed by atoms with Crippen LogP contribution in [0.2, 0.25) is 0 Å². The third kappa shape index (κ3) is 2.36. The molecule has 0 bridgehead atoms. The van der Waals surface area contributed by atoms with Gasteiger partial charge in [-0.2, -0.15) is 0 Å². The van der Waals surface area contributed by atoms with Gasteiger partial charge in [-0.15, -0.1) is 0 Å². The molecule has 0 aliphatic heterocycles. The van der Waals surface area contributed by atoms with Gasteiger partial charge < -0.3 is 4.74 Å². The lowest BCUT2D eigenvalue weighted by Gasteiger charge is -2.48. The zero-order chi connectivity index (χ0) is 13.9. The third-order valence-electron chi connectivity index (χ3n) is 4.58. The molecule has 1 atom stereocenters. The second kappa shape index (κ2) is 5.50. The van der Waals surface area contributed by atoms with E-state index in [2.05, 4.69) is 64.2 Å². The van der Waals surface area contributed by atoms with E-state index in [0.29, 0.717) is 0 Å². The van der Waals surface area contributed by atoms with Crippen molar-refractivity contribution < 1.29 is 4.74 Å². The average molecular weight is 258 g/mol. The quantitative estimate of drug-likeness (QED) is 0.676. The fraction of sp³-hybridized carbons (Fsp3) is 0.556. The van der Waals surface area contributed by atoms with Gasteiger partial charge >= 0.3 is 0 Å². The molecule has 1 heteroatoms. The van der Waals surface area contributed by atoms with E-state index in [1.807, 2.05) is 0 Å². The molecular weight excluding hydrogens is 232 g/mol. The standard InChI is InChI=1S/C18H26O/c1-5-14-19-18(13-9-8-10-15(18)2)17(3,4)16-11-6-7-12-16/h6,8-12H,5,7,13-14H2,1-4H3. The van der Waals surface area contributed by atoms with Gasteiger partial charge in [0.2, 0.25) is 0 Å². The average Bonchev–Trinajstić information content (AvgIpc) is 2.92. The molecule has 0 fully saturated rings. The summed E-state index contributed by atoms with van der Waals surface area (Å²) < 4.78 is 6.41. The monoisotopic (exact) mass is 258 g/mol. The minimum absolute atomic E-state index is 0.000509. The third-order valence-corrected chi connectivity index (χ3v) is 4.58. The summed E-state index contributed by atoms with van der Waals surface area (Å²) in [5.74, 6) is 0. The van der Waals surface area contributed by atoms with Crippen LogP contribution in [0.4, 0.5) is 0 Å². The Hall–Kier alpha value is -1.08. The second-order valence-electron chi connectivity index (χ2n) is 6.08.